The van der Waals surface area contributed by atoms with Gasteiger partial charge in [-0.3, -0.25) is 10.4 Å². The van der Waals surface area contributed by atoms with Crippen molar-refractivity contribution >= 4 is 5.84 Å². The van der Waals surface area contributed by atoms with Gasteiger partial charge in [0.25, 0.3) is 0 Å². The first kappa shape index (κ1) is 10.7. The molecule has 3 heteroatoms. The Labute approximate surface area is 85.3 Å². The highest BCUT2D eigenvalue weighted by Crippen LogP contribution is 1.99. The lowest BCUT2D eigenvalue weighted by molar-refractivity contribution is 0.454. The van der Waals surface area contributed by atoms with Gasteiger partial charge in [0, 0.05) is 31.4 Å². The van der Waals surface area contributed by atoms with E-state index in [0.717, 1.165) is 18.8 Å². The summed E-state index contributed by atoms with van der Waals surface area (Å²) in [4.78, 5) is 6.24. The molecule has 0 radical (unpaired) electrons. The molecule has 76 valence electrons. The fraction of sp³-hybridized carbons (Fsp3) is 0.455. The van der Waals surface area contributed by atoms with Crippen LogP contribution < -0.4 is 0 Å². The van der Waals surface area contributed by atoms with Gasteiger partial charge in [0.2, 0.25) is 0 Å². The van der Waals surface area contributed by atoms with E-state index in [-0.39, 0.29) is 0 Å². The fourth-order valence-electron chi connectivity index (χ4n) is 1.39. The number of aromatic nitrogens is 1. The highest BCUT2D eigenvalue weighted by atomic mass is 15.2. The molecule has 0 aliphatic carbocycles. The van der Waals surface area contributed by atoms with Crippen LogP contribution in [0.4, 0.5) is 0 Å². The summed E-state index contributed by atoms with van der Waals surface area (Å²) in [5.41, 5.74) is 0.962. The Bertz CT molecular complexity index is 278. The van der Waals surface area contributed by atoms with Gasteiger partial charge in [-0.1, -0.05) is 6.07 Å². The number of amidine groups is 1. The molecule has 0 bridgehead atoms. The molecule has 0 unspecified atom stereocenters. The average Bonchev–Trinajstić information content (AvgIpc) is 2.21. The van der Waals surface area contributed by atoms with E-state index in [1.165, 1.54) is 0 Å². The summed E-state index contributed by atoms with van der Waals surface area (Å²) in [6.45, 7) is 5.91. The van der Waals surface area contributed by atoms with Crippen molar-refractivity contribution in [3.8, 4) is 0 Å². The van der Waals surface area contributed by atoms with E-state index in [1.807, 2.05) is 23.1 Å². The van der Waals surface area contributed by atoms with Crippen molar-refractivity contribution in [1.82, 2.24) is 9.88 Å². The third-order valence-electron chi connectivity index (χ3n) is 2.22. The number of nitrogens with zero attached hydrogens (tertiary/aromatic N) is 2. The molecule has 14 heavy (non-hydrogen) atoms. The molecule has 1 heterocycles. The highest BCUT2D eigenvalue weighted by molar-refractivity contribution is 5.81. The maximum absolute atomic E-state index is 7.87. The maximum atomic E-state index is 7.87. The predicted molar refractivity (Wildman–Crippen MR) is 58.6 cm³/mol. The van der Waals surface area contributed by atoms with Crippen molar-refractivity contribution in [3.05, 3.63) is 30.1 Å². The van der Waals surface area contributed by atoms with Crippen LogP contribution >= 0.6 is 0 Å². The van der Waals surface area contributed by atoms with E-state index in [2.05, 4.69) is 18.8 Å². The van der Waals surface area contributed by atoms with Crippen LogP contribution in [-0.2, 0) is 6.42 Å². The topological polar surface area (TPSA) is 40.0 Å². The molecule has 1 rings (SSSR count). The number of pyridine rings is 1. The number of rotatable bonds is 4. The van der Waals surface area contributed by atoms with Gasteiger partial charge in [0.1, 0.15) is 5.84 Å². The van der Waals surface area contributed by atoms with Gasteiger partial charge in [-0.25, -0.2) is 0 Å². The van der Waals surface area contributed by atoms with Crippen molar-refractivity contribution in [3.63, 3.8) is 0 Å². The quantitative estimate of drug-likeness (QED) is 0.583. The molecule has 0 fully saturated rings. The average molecular weight is 191 g/mol. The molecule has 1 aromatic rings. The minimum absolute atomic E-state index is 0.627. The highest BCUT2D eigenvalue weighted by Gasteiger charge is 2.06. The van der Waals surface area contributed by atoms with Gasteiger partial charge in [-0.2, -0.15) is 0 Å². The normalized spacial score (nSPS) is 9.86. The molecular formula is C11H17N3. The van der Waals surface area contributed by atoms with Crippen LogP contribution in [0, 0.1) is 5.41 Å². The van der Waals surface area contributed by atoms with Gasteiger partial charge in [-0.15, -0.1) is 0 Å². The Morgan fingerprint density at radius 2 is 2.07 bits per heavy atom. The van der Waals surface area contributed by atoms with Crippen LogP contribution in [0.1, 0.15) is 19.5 Å². The van der Waals surface area contributed by atoms with E-state index in [1.54, 1.807) is 6.20 Å². The van der Waals surface area contributed by atoms with Crippen LogP contribution in [0.15, 0.2) is 24.4 Å². The van der Waals surface area contributed by atoms with E-state index < -0.39 is 0 Å². The molecule has 0 aliphatic heterocycles. The molecule has 0 spiro atoms. The van der Waals surface area contributed by atoms with E-state index in [4.69, 9.17) is 5.41 Å². The van der Waals surface area contributed by atoms with Crippen LogP contribution in [0.25, 0.3) is 0 Å². The Kier molecular flexibility index (Phi) is 4.11. The first-order valence-corrected chi connectivity index (χ1v) is 5.00. The fourth-order valence-corrected chi connectivity index (χ4v) is 1.39. The standard InChI is InChI=1S/C11H17N3/c1-3-14(4-2)11(12)9-10-7-5-6-8-13-10/h5-8,12H,3-4,9H2,1-2H3. The second-order valence-corrected chi connectivity index (χ2v) is 3.12. The Hall–Kier alpha value is -1.38. The SMILES string of the molecule is CCN(CC)C(=N)Cc1ccccn1. The van der Waals surface area contributed by atoms with Crippen molar-refractivity contribution in [1.29, 1.82) is 5.41 Å². The van der Waals surface area contributed by atoms with E-state index in [9.17, 15) is 0 Å². The molecule has 0 saturated heterocycles. The lowest BCUT2D eigenvalue weighted by atomic mass is 10.2. The van der Waals surface area contributed by atoms with Crippen molar-refractivity contribution in [2.45, 2.75) is 20.3 Å². The predicted octanol–water partition coefficient (Wildman–Crippen LogP) is 1.94. The van der Waals surface area contributed by atoms with Crippen molar-refractivity contribution in [2.24, 2.45) is 0 Å². The number of nitrogens with one attached hydrogen (secondary N) is 1. The zero-order valence-corrected chi connectivity index (χ0v) is 8.83. The summed E-state index contributed by atoms with van der Waals surface area (Å²) in [5, 5.41) is 7.87. The molecule has 0 aromatic carbocycles. The summed E-state index contributed by atoms with van der Waals surface area (Å²) < 4.78 is 0. The Morgan fingerprint density at radius 3 is 2.57 bits per heavy atom. The third kappa shape index (κ3) is 2.83. The molecule has 0 saturated carbocycles. The first-order valence-electron chi connectivity index (χ1n) is 5.00. The third-order valence-corrected chi connectivity index (χ3v) is 2.22. The molecule has 0 atom stereocenters. The summed E-state index contributed by atoms with van der Waals surface area (Å²) in [6.07, 6.45) is 2.40. The van der Waals surface area contributed by atoms with Gasteiger partial charge in [0.05, 0.1) is 0 Å². The first-order chi connectivity index (χ1) is 6.77. The van der Waals surface area contributed by atoms with Gasteiger partial charge >= 0.3 is 0 Å². The van der Waals surface area contributed by atoms with Crippen molar-refractivity contribution in [2.75, 3.05) is 13.1 Å². The summed E-state index contributed by atoms with van der Waals surface area (Å²) >= 11 is 0. The molecular weight excluding hydrogens is 174 g/mol. The molecule has 3 nitrogen and oxygen atoms in total. The Morgan fingerprint density at radius 1 is 1.36 bits per heavy atom. The Balaban J connectivity index is 2.57. The zero-order valence-electron chi connectivity index (χ0n) is 8.83. The lowest BCUT2D eigenvalue weighted by Crippen LogP contribution is -2.31. The second-order valence-electron chi connectivity index (χ2n) is 3.12. The number of hydrogen-bond acceptors (Lipinski definition) is 2. The van der Waals surface area contributed by atoms with Crippen LogP contribution in [-0.4, -0.2) is 28.8 Å². The number of hydrogen-bond donors (Lipinski definition) is 1. The van der Waals surface area contributed by atoms with E-state index >= 15 is 0 Å². The minimum Gasteiger partial charge on any atom is -0.361 e. The number of likely N-dealkylation sites (N-methyl/N-ethyl adjacent to an activating group) is 1. The summed E-state index contributed by atoms with van der Waals surface area (Å²) in [6, 6.07) is 5.81. The van der Waals surface area contributed by atoms with Crippen LogP contribution in [0.5, 0.6) is 0 Å². The molecule has 0 amide bonds. The molecule has 1 aromatic heterocycles. The maximum Gasteiger partial charge on any atom is 0.102 e. The van der Waals surface area contributed by atoms with Crippen LogP contribution in [0.3, 0.4) is 0 Å². The molecule has 0 aliphatic rings. The second kappa shape index (κ2) is 5.37. The lowest BCUT2D eigenvalue weighted by Gasteiger charge is -2.21. The minimum atomic E-state index is 0.627. The van der Waals surface area contributed by atoms with E-state index in [0.29, 0.717) is 12.3 Å². The van der Waals surface area contributed by atoms with Crippen LogP contribution in [0.2, 0.25) is 0 Å². The van der Waals surface area contributed by atoms with Gasteiger partial charge in [-0.05, 0) is 26.0 Å². The smallest absolute Gasteiger partial charge is 0.102 e. The van der Waals surface area contributed by atoms with Gasteiger partial charge < -0.3 is 4.90 Å². The van der Waals surface area contributed by atoms with Gasteiger partial charge in [0.15, 0.2) is 0 Å². The largest absolute Gasteiger partial charge is 0.361 e. The summed E-state index contributed by atoms with van der Waals surface area (Å²) in [5.74, 6) is 0.647. The van der Waals surface area contributed by atoms with Crippen molar-refractivity contribution < 1.29 is 0 Å². The molecule has 1 N–H and O–H groups in total. The monoisotopic (exact) mass is 191 g/mol. The zero-order chi connectivity index (χ0) is 10.4. The summed E-state index contributed by atoms with van der Waals surface area (Å²) in [7, 11) is 0.